The summed E-state index contributed by atoms with van der Waals surface area (Å²) in [7, 11) is 0. The van der Waals surface area contributed by atoms with E-state index in [1.54, 1.807) is 6.20 Å². The topological polar surface area (TPSA) is 59.8 Å². The monoisotopic (exact) mass is 284 g/mol. The molecule has 0 saturated carbocycles. The van der Waals surface area contributed by atoms with Crippen LogP contribution in [-0.4, -0.2) is 20.4 Å². The Morgan fingerprint density at radius 3 is 2.86 bits per heavy atom. The van der Waals surface area contributed by atoms with Crippen molar-refractivity contribution in [2.45, 2.75) is 40.2 Å². The van der Waals surface area contributed by atoms with Crippen molar-refractivity contribution in [3.05, 3.63) is 41.1 Å². The normalized spacial score (nSPS) is 17.4. The highest BCUT2D eigenvalue weighted by molar-refractivity contribution is 5.92. The molecule has 0 spiro atoms. The highest BCUT2D eigenvalue weighted by atomic mass is 16.1. The minimum Gasteiger partial charge on any atom is -0.332 e. The number of aryl methyl sites for hydroxylation is 3. The summed E-state index contributed by atoms with van der Waals surface area (Å²) < 4.78 is 2.19. The zero-order valence-electron chi connectivity index (χ0n) is 12.7. The number of aromatic nitrogens is 3. The minimum absolute atomic E-state index is 0.00361. The molecule has 0 aromatic carbocycles. The molecule has 3 rings (SSSR count). The molecule has 1 N–H and O–H groups in total. The van der Waals surface area contributed by atoms with Crippen molar-refractivity contribution < 1.29 is 4.79 Å². The van der Waals surface area contributed by atoms with Crippen molar-refractivity contribution in [1.82, 2.24) is 14.5 Å². The summed E-state index contributed by atoms with van der Waals surface area (Å²) in [4.78, 5) is 21.1. The molecule has 21 heavy (non-hydrogen) atoms. The average Bonchev–Trinajstić information content (AvgIpc) is 2.83. The predicted octanol–water partition coefficient (Wildman–Crippen LogP) is 2.40. The lowest BCUT2D eigenvalue weighted by molar-refractivity contribution is -0.120. The number of nitrogens with one attached hydrogen (secondary N) is 1. The van der Waals surface area contributed by atoms with E-state index in [0.717, 1.165) is 42.0 Å². The van der Waals surface area contributed by atoms with E-state index in [1.807, 2.05) is 33.0 Å². The molecule has 2 aromatic rings. The summed E-state index contributed by atoms with van der Waals surface area (Å²) in [5.41, 5.74) is 3.25. The summed E-state index contributed by atoms with van der Waals surface area (Å²) in [5.74, 6) is 1.75. The number of fused-ring (bicyclic) bond motifs is 1. The van der Waals surface area contributed by atoms with Crippen LogP contribution in [0.15, 0.2) is 18.5 Å². The molecule has 110 valence electrons. The van der Waals surface area contributed by atoms with E-state index in [9.17, 15) is 4.79 Å². The second-order valence-corrected chi connectivity index (χ2v) is 5.81. The lowest BCUT2D eigenvalue weighted by atomic mass is 9.95. The van der Waals surface area contributed by atoms with Crippen LogP contribution in [0.1, 0.15) is 29.1 Å². The van der Waals surface area contributed by atoms with Gasteiger partial charge in [0.2, 0.25) is 5.91 Å². The van der Waals surface area contributed by atoms with Gasteiger partial charge in [-0.25, -0.2) is 9.97 Å². The molecule has 1 unspecified atom stereocenters. The maximum atomic E-state index is 12.4. The number of nitrogens with zero attached hydrogens (tertiary/aromatic N) is 3. The van der Waals surface area contributed by atoms with Crippen LogP contribution in [0.3, 0.4) is 0 Å². The number of anilines is 1. The number of pyridine rings is 1. The van der Waals surface area contributed by atoms with E-state index in [-0.39, 0.29) is 11.8 Å². The van der Waals surface area contributed by atoms with Gasteiger partial charge in [-0.1, -0.05) is 6.07 Å². The van der Waals surface area contributed by atoms with Gasteiger partial charge in [0.05, 0.1) is 0 Å². The molecule has 1 aliphatic heterocycles. The molecule has 5 heteroatoms. The number of hydrogen-bond donors (Lipinski definition) is 1. The Labute approximate surface area is 124 Å². The van der Waals surface area contributed by atoms with Crippen LogP contribution in [0.25, 0.3) is 0 Å². The number of rotatable bonds is 2. The second kappa shape index (κ2) is 5.31. The average molecular weight is 284 g/mol. The molecular formula is C16H20N4O. The maximum Gasteiger partial charge on any atom is 0.229 e. The van der Waals surface area contributed by atoms with Crippen molar-refractivity contribution in [3.8, 4) is 0 Å². The van der Waals surface area contributed by atoms with Crippen LogP contribution >= 0.6 is 0 Å². The van der Waals surface area contributed by atoms with E-state index in [0.29, 0.717) is 5.82 Å². The van der Waals surface area contributed by atoms with E-state index in [1.165, 1.54) is 0 Å². The van der Waals surface area contributed by atoms with Crippen molar-refractivity contribution in [2.75, 3.05) is 5.32 Å². The molecule has 2 aromatic heterocycles. The molecule has 3 heterocycles. The van der Waals surface area contributed by atoms with Crippen molar-refractivity contribution in [1.29, 1.82) is 0 Å². The van der Waals surface area contributed by atoms with E-state index >= 15 is 0 Å². The zero-order chi connectivity index (χ0) is 15.0. The van der Waals surface area contributed by atoms with Gasteiger partial charge < -0.3 is 9.88 Å². The fraction of sp³-hybridized carbons (Fsp3) is 0.438. The first-order valence-corrected chi connectivity index (χ1v) is 7.29. The molecule has 0 aliphatic carbocycles. The fourth-order valence-electron chi connectivity index (χ4n) is 2.91. The van der Waals surface area contributed by atoms with Crippen LogP contribution in [0.4, 0.5) is 5.82 Å². The molecular weight excluding hydrogens is 264 g/mol. The maximum absolute atomic E-state index is 12.4. The highest BCUT2D eigenvalue weighted by Gasteiger charge is 2.26. The third-order valence-electron chi connectivity index (χ3n) is 4.12. The number of amides is 1. The standard InChI is InChI=1S/C16H20N4O/c1-10-6-11(2)15(18-8-10)19-16(21)13-4-5-20-12(3)17-9-14(20)7-13/h6,8-9,13H,4-5,7H2,1-3H3,(H,18,19,21). The van der Waals surface area contributed by atoms with Crippen LogP contribution in [0.2, 0.25) is 0 Å². The first kappa shape index (κ1) is 13.8. The third kappa shape index (κ3) is 2.68. The fourth-order valence-corrected chi connectivity index (χ4v) is 2.91. The number of imidazole rings is 1. The molecule has 0 radical (unpaired) electrons. The van der Waals surface area contributed by atoms with Gasteiger partial charge in [-0.15, -0.1) is 0 Å². The molecule has 1 amide bonds. The Hall–Kier alpha value is -2.17. The van der Waals surface area contributed by atoms with Gasteiger partial charge in [0.25, 0.3) is 0 Å². The third-order valence-corrected chi connectivity index (χ3v) is 4.12. The largest absolute Gasteiger partial charge is 0.332 e. The molecule has 0 bridgehead atoms. The van der Waals surface area contributed by atoms with Gasteiger partial charge >= 0.3 is 0 Å². The summed E-state index contributed by atoms with van der Waals surface area (Å²) in [6.07, 6.45) is 5.25. The molecule has 0 saturated heterocycles. The van der Waals surface area contributed by atoms with Crippen LogP contribution in [-0.2, 0) is 17.8 Å². The van der Waals surface area contributed by atoms with Crippen LogP contribution in [0.5, 0.6) is 0 Å². The Bertz CT molecular complexity index is 690. The zero-order valence-corrected chi connectivity index (χ0v) is 12.7. The number of hydrogen-bond acceptors (Lipinski definition) is 3. The Kier molecular flexibility index (Phi) is 3.49. The molecule has 1 aliphatic rings. The summed E-state index contributed by atoms with van der Waals surface area (Å²) >= 11 is 0. The molecule has 1 atom stereocenters. The minimum atomic E-state index is -0.00361. The highest BCUT2D eigenvalue weighted by Crippen LogP contribution is 2.23. The lowest BCUT2D eigenvalue weighted by Gasteiger charge is -2.24. The lowest BCUT2D eigenvalue weighted by Crippen LogP contribution is -2.30. The van der Waals surface area contributed by atoms with Crippen LogP contribution < -0.4 is 5.32 Å². The summed E-state index contributed by atoms with van der Waals surface area (Å²) in [6, 6.07) is 2.03. The van der Waals surface area contributed by atoms with E-state index in [2.05, 4.69) is 19.9 Å². The van der Waals surface area contributed by atoms with Gasteiger partial charge in [0, 0.05) is 37.0 Å². The first-order valence-electron chi connectivity index (χ1n) is 7.29. The van der Waals surface area contributed by atoms with Crippen molar-refractivity contribution >= 4 is 11.7 Å². The Morgan fingerprint density at radius 2 is 2.10 bits per heavy atom. The van der Waals surface area contributed by atoms with E-state index < -0.39 is 0 Å². The van der Waals surface area contributed by atoms with Gasteiger partial charge in [-0.2, -0.15) is 0 Å². The number of carbonyl (C=O) groups excluding carboxylic acids is 1. The van der Waals surface area contributed by atoms with E-state index in [4.69, 9.17) is 0 Å². The molecule has 5 nitrogen and oxygen atoms in total. The number of carbonyl (C=O) groups is 1. The smallest absolute Gasteiger partial charge is 0.229 e. The van der Waals surface area contributed by atoms with Crippen LogP contribution in [0, 0.1) is 26.7 Å². The summed E-state index contributed by atoms with van der Waals surface area (Å²) in [5, 5.41) is 2.97. The Balaban J connectivity index is 1.72. The second-order valence-electron chi connectivity index (χ2n) is 5.81. The summed E-state index contributed by atoms with van der Waals surface area (Å²) in [6.45, 7) is 6.83. The van der Waals surface area contributed by atoms with Gasteiger partial charge in [-0.05, 0) is 38.3 Å². The van der Waals surface area contributed by atoms with Gasteiger partial charge in [-0.3, -0.25) is 4.79 Å². The van der Waals surface area contributed by atoms with Crippen molar-refractivity contribution in [3.63, 3.8) is 0 Å². The van der Waals surface area contributed by atoms with Crippen molar-refractivity contribution in [2.24, 2.45) is 5.92 Å². The van der Waals surface area contributed by atoms with Gasteiger partial charge in [0.1, 0.15) is 11.6 Å². The quantitative estimate of drug-likeness (QED) is 0.921. The predicted molar refractivity (Wildman–Crippen MR) is 81.1 cm³/mol. The Morgan fingerprint density at radius 1 is 1.29 bits per heavy atom. The molecule has 0 fully saturated rings. The first-order chi connectivity index (χ1) is 10.0. The SMILES string of the molecule is Cc1cnc(NC(=O)C2CCn3c(cnc3C)C2)c(C)c1. The van der Waals surface area contributed by atoms with Gasteiger partial charge in [0.15, 0.2) is 0 Å².